The number of hydrazone groups is 1. The highest BCUT2D eigenvalue weighted by molar-refractivity contribution is 7.99. The number of rotatable bonds is 11. The van der Waals surface area contributed by atoms with Gasteiger partial charge in [-0.3, -0.25) is 4.79 Å². The molecule has 0 aliphatic carbocycles. The van der Waals surface area contributed by atoms with Gasteiger partial charge in [0.2, 0.25) is 11.1 Å². The van der Waals surface area contributed by atoms with Crippen LogP contribution in [0.15, 0.2) is 52.7 Å². The second-order valence-electron chi connectivity index (χ2n) is 6.85. The van der Waals surface area contributed by atoms with E-state index in [9.17, 15) is 4.79 Å². The lowest BCUT2D eigenvalue weighted by Crippen LogP contribution is -2.17. The van der Waals surface area contributed by atoms with Gasteiger partial charge < -0.3 is 25.4 Å². The van der Waals surface area contributed by atoms with Crippen LogP contribution in [-0.4, -0.2) is 53.1 Å². The topological polar surface area (TPSA) is 138 Å². The molecule has 180 valence electrons. The molecule has 0 saturated heterocycles. The Morgan fingerprint density at radius 2 is 1.85 bits per heavy atom. The second kappa shape index (κ2) is 11.8. The van der Waals surface area contributed by atoms with Crippen LogP contribution in [0.4, 0.5) is 11.6 Å². The quantitative estimate of drug-likeness (QED) is 0.162. The maximum Gasteiger partial charge on any atom is 0.264 e. The molecule has 0 unspecified atom stereocenters. The number of methoxy groups -OCH3 is 2. The van der Waals surface area contributed by atoms with Crippen LogP contribution in [-0.2, 0) is 4.79 Å². The van der Waals surface area contributed by atoms with Crippen molar-refractivity contribution in [3.63, 3.8) is 0 Å². The fourth-order valence-electron chi connectivity index (χ4n) is 2.84. The Bertz CT molecular complexity index is 1150. The highest BCUT2D eigenvalue weighted by Crippen LogP contribution is 2.28. The number of amides is 1. The van der Waals surface area contributed by atoms with Gasteiger partial charge in [0.15, 0.2) is 11.5 Å². The number of hydrogen-bond donors (Lipinski definition) is 3. The molecule has 0 fully saturated rings. The van der Waals surface area contributed by atoms with Crippen LogP contribution in [0.3, 0.4) is 0 Å². The summed E-state index contributed by atoms with van der Waals surface area (Å²) in [7, 11) is 3.15. The number of nitrogen functional groups attached to an aromatic ring is 1. The minimum atomic E-state index is -0.200. The number of carbonyl (C=O) groups is 1. The lowest BCUT2D eigenvalue weighted by molar-refractivity contribution is -0.113. The third-order valence-electron chi connectivity index (χ3n) is 4.57. The summed E-state index contributed by atoms with van der Waals surface area (Å²) in [4.78, 5) is 12.3. The summed E-state index contributed by atoms with van der Waals surface area (Å²) in [5.41, 5.74) is 4.97. The number of hydrogen-bond acceptors (Lipinski definition) is 10. The van der Waals surface area contributed by atoms with Gasteiger partial charge in [0.05, 0.1) is 32.3 Å². The van der Waals surface area contributed by atoms with Gasteiger partial charge in [-0.15, -0.1) is 10.2 Å². The fourth-order valence-corrected chi connectivity index (χ4v) is 3.50. The van der Waals surface area contributed by atoms with Gasteiger partial charge in [-0.1, -0.05) is 11.8 Å². The molecule has 0 aliphatic rings. The number of ether oxygens (including phenoxy) is 3. The zero-order valence-corrected chi connectivity index (χ0v) is 20.2. The highest BCUT2D eigenvalue weighted by Gasteiger charge is 2.13. The minimum absolute atomic E-state index is 0.108. The molecule has 3 aromatic rings. The third-order valence-corrected chi connectivity index (χ3v) is 5.51. The molecule has 0 atom stereocenters. The van der Waals surface area contributed by atoms with E-state index < -0.39 is 0 Å². The molecular weight excluding hydrogens is 458 g/mol. The first-order valence-corrected chi connectivity index (χ1v) is 11.3. The number of nitrogens with one attached hydrogen (secondary N) is 2. The Morgan fingerprint density at radius 1 is 1.12 bits per heavy atom. The van der Waals surface area contributed by atoms with Gasteiger partial charge in [-0.2, -0.15) is 5.10 Å². The Hall–Kier alpha value is -3.93. The lowest BCUT2D eigenvalue weighted by Gasteiger charge is -2.09. The van der Waals surface area contributed by atoms with Crippen LogP contribution in [0, 0.1) is 0 Å². The van der Waals surface area contributed by atoms with Crippen LogP contribution in [0.1, 0.15) is 19.4 Å². The zero-order valence-electron chi connectivity index (χ0n) is 19.4. The van der Waals surface area contributed by atoms with Crippen molar-refractivity contribution < 1.29 is 19.0 Å². The highest BCUT2D eigenvalue weighted by atomic mass is 32.2. The van der Waals surface area contributed by atoms with Crippen LogP contribution in [0.2, 0.25) is 0 Å². The second-order valence-corrected chi connectivity index (χ2v) is 7.79. The number of benzene rings is 2. The van der Waals surface area contributed by atoms with Crippen molar-refractivity contribution in [2.45, 2.75) is 19.0 Å². The maximum atomic E-state index is 12.3. The first-order valence-electron chi connectivity index (χ1n) is 10.3. The maximum absolute atomic E-state index is 12.3. The van der Waals surface area contributed by atoms with Crippen molar-refractivity contribution >= 4 is 35.0 Å². The van der Waals surface area contributed by atoms with E-state index in [1.807, 2.05) is 26.0 Å². The molecule has 34 heavy (non-hydrogen) atoms. The Morgan fingerprint density at radius 3 is 2.53 bits per heavy atom. The first-order chi connectivity index (χ1) is 16.4. The van der Waals surface area contributed by atoms with Gasteiger partial charge in [0.25, 0.3) is 5.95 Å². The first kappa shape index (κ1) is 24.7. The van der Waals surface area contributed by atoms with E-state index in [1.165, 1.54) is 4.68 Å². The smallest absolute Gasteiger partial charge is 0.264 e. The molecule has 1 heterocycles. The van der Waals surface area contributed by atoms with E-state index in [0.717, 1.165) is 23.1 Å². The van der Waals surface area contributed by atoms with E-state index in [-0.39, 0.29) is 17.6 Å². The third kappa shape index (κ3) is 6.32. The summed E-state index contributed by atoms with van der Waals surface area (Å²) in [5, 5.41) is 15.5. The number of anilines is 2. The Balaban J connectivity index is 1.56. The standard InChI is InChI=1S/C22H27N7O4S/c1-5-33-17-9-7-16(8-10-17)24-20(30)13-34-22-28-27-21(29(22)23)26-25-14(2)15-6-11-18(31-3)19(12-15)32-4/h6-12H,5,13,23H2,1-4H3,(H,24,30)(H,26,27)/b25-14+. The van der Waals surface area contributed by atoms with Gasteiger partial charge in [-0.25, -0.2) is 10.1 Å². The van der Waals surface area contributed by atoms with Crippen molar-refractivity contribution in [2.75, 3.05) is 43.2 Å². The van der Waals surface area contributed by atoms with Crippen LogP contribution < -0.4 is 30.8 Å². The molecule has 12 heteroatoms. The lowest BCUT2D eigenvalue weighted by atomic mass is 10.1. The van der Waals surface area contributed by atoms with Crippen LogP contribution in [0.5, 0.6) is 17.2 Å². The SMILES string of the molecule is CCOc1ccc(NC(=O)CSc2nnc(N/N=C(\C)c3ccc(OC)c(OC)c3)n2N)cc1. The number of nitrogens with two attached hydrogens (primary N) is 1. The van der Waals surface area contributed by atoms with Crippen LogP contribution >= 0.6 is 11.8 Å². The Kier molecular flexibility index (Phi) is 8.57. The molecule has 3 rings (SSSR count). The molecule has 0 spiro atoms. The molecule has 0 bridgehead atoms. The zero-order chi connectivity index (χ0) is 24.5. The number of carbonyl (C=O) groups excluding carboxylic acids is 1. The predicted molar refractivity (Wildman–Crippen MR) is 133 cm³/mol. The molecule has 4 N–H and O–H groups in total. The summed E-state index contributed by atoms with van der Waals surface area (Å²) in [5.74, 6) is 8.16. The van der Waals surface area contributed by atoms with Crippen molar-refractivity contribution in [3.05, 3.63) is 48.0 Å². The Labute approximate surface area is 201 Å². The van der Waals surface area contributed by atoms with Gasteiger partial charge in [0.1, 0.15) is 5.75 Å². The van der Waals surface area contributed by atoms with Gasteiger partial charge in [0, 0.05) is 11.3 Å². The predicted octanol–water partition coefficient (Wildman–Crippen LogP) is 2.97. The average Bonchev–Trinajstić information content (AvgIpc) is 3.21. The van der Waals surface area contributed by atoms with E-state index in [4.69, 9.17) is 20.1 Å². The minimum Gasteiger partial charge on any atom is -0.494 e. The number of nitrogens with zero attached hydrogens (tertiary/aromatic N) is 4. The molecule has 1 aromatic heterocycles. The molecular formula is C22H27N7O4S. The van der Waals surface area contributed by atoms with Gasteiger partial charge >= 0.3 is 0 Å². The summed E-state index contributed by atoms with van der Waals surface area (Å²) in [6, 6.07) is 12.6. The molecule has 11 nitrogen and oxygen atoms in total. The van der Waals surface area contributed by atoms with E-state index in [0.29, 0.717) is 34.7 Å². The van der Waals surface area contributed by atoms with Crippen molar-refractivity contribution in [1.82, 2.24) is 14.9 Å². The molecule has 1 amide bonds. The summed E-state index contributed by atoms with van der Waals surface area (Å²) < 4.78 is 17.2. The number of aromatic nitrogens is 3. The number of thioether (sulfide) groups is 1. The van der Waals surface area contributed by atoms with Crippen molar-refractivity contribution in [3.8, 4) is 17.2 Å². The molecule has 0 radical (unpaired) electrons. The summed E-state index contributed by atoms with van der Waals surface area (Å²) in [6.45, 7) is 4.32. The van der Waals surface area contributed by atoms with Crippen molar-refractivity contribution in [1.29, 1.82) is 0 Å². The van der Waals surface area contributed by atoms with Crippen LogP contribution in [0.25, 0.3) is 0 Å². The normalized spacial score (nSPS) is 11.1. The molecule has 0 saturated carbocycles. The molecule has 2 aromatic carbocycles. The van der Waals surface area contributed by atoms with E-state index in [2.05, 4.69) is 26.0 Å². The largest absolute Gasteiger partial charge is 0.494 e. The summed E-state index contributed by atoms with van der Waals surface area (Å²) >= 11 is 1.15. The van der Waals surface area contributed by atoms with Crippen molar-refractivity contribution in [2.24, 2.45) is 5.10 Å². The average molecular weight is 486 g/mol. The fraction of sp³-hybridized carbons (Fsp3) is 0.273. The summed E-state index contributed by atoms with van der Waals surface area (Å²) in [6.07, 6.45) is 0. The monoisotopic (exact) mass is 485 g/mol. The van der Waals surface area contributed by atoms with E-state index >= 15 is 0 Å². The van der Waals surface area contributed by atoms with E-state index in [1.54, 1.807) is 44.6 Å². The molecule has 0 aliphatic heterocycles. The van der Waals surface area contributed by atoms with Gasteiger partial charge in [-0.05, 0) is 56.3 Å².